The second-order valence-electron chi connectivity index (χ2n) is 2.95. The summed E-state index contributed by atoms with van der Waals surface area (Å²) in [5, 5.41) is 9.20. The predicted octanol–water partition coefficient (Wildman–Crippen LogP) is 1.30. The first-order valence-electron chi connectivity index (χ1n) is 4.61. The SMILES string of the molecule is CCOC(=O)C(O)=CC(=O)C1C=CC=C1. The van der Waals surface area contributed by atoms with E-state index in [2.05, 4.69) is 4.74 Å². The van der Waals surface area contributed by atoms with Gasteiger partial charge >= 0.3 is 5.97 Å². The Balaban J connectivity index is 2.61. The minimum absolute atomic E-state index is 0.161. The van der Waals surface area contributed by atoms with Gasteiger partial charge in [-0.1, -0.05) is 24.3 Å². The fourth-order valence-corrected chi connectivity index (χ4v) is 1.12. The van der Waals surface area contributed by atoms with Gasteiger partial charge < -0.3 is 9.84 Å². The fourth-order valence-electron chi connectivity index (χ4n) is 1.12. The topological polar surface area (TPSA) is 63.6 Å². The molecule has 80 valence electrons. The molecule has 0 aromatic rings. The zero-order chi connectivity index (χ0) is 11.3. The summed E-state index contributed by atoms with van der Waals surface area (Å²) in [6, 6.07) is 0. The lowest BCUT2D eigenvalue weighted by Gasteiger charge is -2.01. The summed E-state index contributed by atoms with van der Waals surface area (Å²) in [6.45, 7) is 1.78. The number of aliphatic hydroxyl groups is 1. The van der Waals surface area contributed by atoms with Crippen molar-refractivity contribution in [2.24, 2.45) is 5.92 Å². The maximum absolute atomic E-state index is 11.4. The largest absolute Gasteiger partial charge is 0.502 e. The quantitative estimate of drug-likeness (QED) is 0.429. The Morgan fingerprint density at radius 3 is 2.53 bits per heavy atom. The van der Waals surface area contributed by atoms with Gasteiger partial charge in [0.1, 0.15) is 0 Å². The van der Waals surface area contributed by atoms with Gasteiger partial charge in [0.05, 0.1) is 12.5 Å². The molecule has 0 bridgehead atoms. The van der Waals surface area contributed by atoms with Crippen molar-refractivity contribution in [3.63, 3.8) is 0 Å². The van der Waals surface area contributed by atoms with Crippen LogP contribution in [0.4, 0.5) is 0 Å². The van der Waals surface area contributed by atoms with E-state index in [0.29, 0.717) is 0 Å². The maximum Gasteiger partial charge on any atom is 0.373 e. The number of aliphatic hydroxyl groups excluding tert-OH is 1. The molecule has 0 aliphatic heterocycles. The second kappa shape index (κ2) is 5.14. The van der Waals surface area contributed by atoms with E-state index in [-0.39, 0.29) is 18.3 Å². The highest BCUT2D eigenvalue weighted by atomic mass is 16.5. The zero-order valence-electron chi connectivity index (χ0n) is 8.34. The third kappa shape index (κ3) is 3.09. The van der Waals surface area contributed by atoms with Crippen molar-refractivity contribution in [1.82, 2.24) is 0 Å². The lowest BCUT2D eigenvalue weighted by atomic mass is 10.1. The van der Waals surface area contributed by atoms with Crippen LogP contribution in [0.15, 0.2) is 36.1 Å². The van der Waals surface area contributed by atoms with E-state index >= 15 is 0 Å². The molecule has 4 nitrogen and oxygen atoms in total. The highest BCUT2D eigenvalue weighted by molar-refractivity contribution is 6.00. The first-order valence-corrected chi connectivity index (χ1v) is 4.61. The number of allylic oxidation sites excluding steroid dienone is 5. The van der Waals surface area contributed by atoms with Crippen LogP contribution >= 0.6 is 0 Å². The monoisotopic (exact) mass is 208 g/mol. The summed E-state index contributed by atoms with van der Waals surface area (Å²) in [5.41, 5.74) is 0. The number of esters is 1. The Morgan fingerprint density at radius 1 is 1.40 bits per heavy atom. The predicted molar refractivity (Wildman–Crippen MR) is 54.1 cm³/mol. The number of carbonyl (C=O) groups is 2. The van der Waals surface area contributed by atoms with Crippen molar-refractivity contribution in [3.05, 3.63) is 36.1 Å². The molecule has 0 saturated heterocycles. The molecule has 15 heavy (non-hydrogen) atoms. The maximum atomic E-state index is 11.4. The van der Waals surface area contributed by atoms with Crippen molar-refractivity contribution in [2.75, 3.05) is 6.61 Å². The molecule has 0 aromatic heterocycles. The molecular weight excluding hydrogens is 196 g/mol. The highest BCUT2D eigenvalue weighted by Gasteiger charge is 2.16. The van der Waals surface area contributed by atoms with E-state index < -0.39 is 11.7 Å². The van der Waals surface area contributed by atoms with Crippen LogP contribution < -0.4 is 0 Å². The summed E-state index contributed by atoms with van der Waals surface area (Å²) in [5.74, 6) is -2.26. The molecule has 0 saturated carbocycles. The summed E-state index contributed by atoms with van der Waals surface area (Å²) in [6.07, 6.45) is 7.72. The summed E-state index contributed by atoms with van der Waals surface area (Å²) < 4.78 is 4.52. The fraction of sp³-hybridized carbons (Fsp3) is 0.273. The van der Waals surface area contributed by atoms with Gasteiger partial charge in [-0.15, -0.1) is 0 Å². The number of hydrogen-bond acceptors (Lipinski definition) is 4. The standard InChI is InChI=1S/C11H12O4/c1-2-15-11(14)10(13)7-9(12)8-5-3-4-6-8/h3-8,13H,2H2,1H3. The van der Waals surface area contributed by atoms with E-state index in [1.807, 2.05) is 0 Å². The lowest BCUT2D eigenvalue weighted by Crippen LogP contribution is -2.12. The smallest absolute Gasteiger partial charge is 0.373 e. The van der Waals surface area contributed by atoms with Gasteiger partial charge in [0.2, 0.25) is 5.76 Å². The molecule has 0 atom stereocenters. The van der Waals surface area contributed by atoms with E-state index in [9.17, 15) is 14.7 Å². The van der Waals surface area contributed by atoms with E-state index in [0.717, 1.165) is 6.08 Å². The zero-order valence-corrected chi connectivity index (χ0v) is 8.34. The van der Waals surface area contributed by atoms with Crippen molar-refractivity contribution >= 4 is 11.8 Å². The summed E-state index contributed by atoms with van der Waals surface area (Å²) >= 11 is 0. The van der Waals surface area contributed by atoms with E-state index in [4.69, 9.17) is 0 Å². The second-order valence-corrected chi connectivity index (χ2v) is 2.95. The number of ether oxygens (including phenoxy) is 1. The van der Waals surface area contributed by atoms with Crippen molar-refractivity contribution in [2.45, 2.75) is 6.92 Å². The van der Waals surface area contributed by atoms with Gasteiger partial charge in [0.25, 0.3) is 0 Å². The van der Waals surface area contributed by atoms with Crippen LogP contribution in [0.1, 0.15) is 6.92 Å². The summed E-state index contributed by atoms with van der Waals surface area (Å²) in [7, 11) is 0. The molecule has 0 radical (unpaired) electrons. The normalized spacial score (nSPS) is 15.7. The van der Waals surface area contributed by atoms with Crippen LogP contribution in [-0.4, -0.2) is 23.5 Å². The average molecular weight is 208 g/mol. The molecule has 4 heteroatoms. The van der Waals surface area contributed by atoms with Crippen molar-refractivity contribution in [3.8, 4) is 0 Å². The molecule has 1 aliphatic carbocycles. The lowest BCUT2D eigenvalue weighted by molar-refractivity contribution is -0.141. The molecule has 0 heterocycles. The number of rotatable bonds is 4. The molecule has 1 aliphatic rings. The first-order chi connectivity index (χ1) is 7.15. The van der Waals surface area contributed by atoms with Crippen molar-refractivity contribution in [1.29, 1.82) is 0 Å². The molecular formula is C11H12O4. The van der Waals surface area contributed by atoms with Gasteiger partial charge in [0, 0.05) is 6.08 Å². The Labute approximate surface area is 87.5 Å². The minimum Gasteiger partial charge on any atom is -0.502 e. The van der Waals surface area contributed by atoms with E-state index in [1.54, 1.807) is 31.2 Å². The number of hydrogen-bond donors (Lipinski definition) is 1. The molecule has 0 amide bonds. The van der Waals surface area contributed by atoms with Crippen LogP contribution in [0.3, 0.4) is 0 Å². The number of ketones is 1. The molecule has 1 N–H and O–H groups in total. The average Bonchev–Trinajstić information content (AvgIpc) is 2.70. The molecule has 0 unspecified atom stereocenters. The molecule has 1 rings (SSSR count). The van der Waals surface area contributed by atoms with Gasteiger partial charge in [-0.05, 0) is 6.92 Å². The van der Waals surface area contributed by atoms with Crippen LogP contribution in [0.25, 0.3) is 0 Å². The summed E-state index contributed by atoms with van der Waals surface area (Å²) in [4.78, 5) is 22.4. The Morgan fingerprint density at radius 2 is 2.00 bits per heavy atom. The first kappa shape index (κ1) is 11.2. The van der Waals surface area contributed by atoms with Crippen LogP contribution in [-0.2, 0) is 14.3 Å². The third-order valence-corrected chi connectivity index (χ3v) is 1.84. The highest BCUT2D eigenvalue weighted by Crippen LogP contribution is 2.11. The van der Waals surface area contributed by atoms with Crippen LogP contribution in [0.5, 0.6) is 0 Å². The Bertz CT molecular complexity index is 338. The Kier molecular flexibility index (Phi) is 3.85. The van der Waals surface area contributed by atoms with Crippen LogP contribution in [0.2, 0.25) is 0 Å². The van der Waals surface area contributed by atoms with Crippen LogP contribution in [0, 0.1) is 5.92 Å². The van der Waals surface area contributed by atoms with Gasteiger partial charge in [-0.3, -0.25) is 4.79 Å². The molecule has 0 aromatic carbocycles. The molecule has 0 fully saturated rings. The molecule has 0 spiro atoms. The minimum atomic E-state index is -0.878. The third-order valence-electron chi connectivity index (χ3n) is 1.84. The van der Waals surface area contributed by atoms with Gasteiger partial charge in [0.15, 0.2) is 5.78 Å². The van der Waals surface area contributed by atoms with Gasteiger partial charge in [-0.25, -0.2) is 4.79 Å². The van der Waals surface area contributed by atoms with Crippen molar-refractivity contribution < 1.29 is 19.4 Å². The van der Waals surface area contributed by atoms with Gasteiger partial charge in [-0.2, -0.15) is 0 Å². The Hall–Kier alpha value is -1.84. The number of carbonyl (C=O) groups excluding carboxylic acids is 2. The van der Waals surface area contributed by atoms with E-state index in [1.165, 1.54) is 0 Å².